The Morgan fingerprint density at radius 2 is 2.40 bits per heavy atom. The summed E-state index contributed by atoms with van der Waals surface area (Å²) in [5.74, 6) is 0.554. The molecule has 1 fully saturated rings. The molecule has 0 aliphatic carbocycles. The first kappa shape index (κ1) is 10.4. The molecule has 1 amide bonds. The summed E-state index contributed by atoms with van der Waals surface area (Å²) in [6.07, 6.45) is 1.99. The molecule has 1 aromatic rings. The van der Waals surface area contributed by atoms with Gasteiger partial charge in [0.05, 0.1) is 6.20 Å². The summed E-state index contributed by atoms with van der Waals surface area (Å²) in [6.45, 7) is 1.09. The molecule has 1 saturated heterocycles. The molecule has 15 heavy (non-hydrogen) atoms. The fourth-order valence-electron chi connectivity index (χ4n) is 1.51. The smallest absolute Gasteiger partial charge is 0.252 e. The minimum Gasteiger partial charge on any atom is -0.330 e. The van der Waals surface area contributed by atoms with E-state index in [0.717, 1.165) is 0 Å². The van der Waals surface area contributed by atoms with E-state index in [9.17, 15) is 4.79 Å². The van der Waals surface area contributed by atoms with Crippen molar-refractivity contribution in [2.24, 2.45) is 11.7 Å². The van der Waals surface area contributed by atoms with Crippen LogP contribution in [0.4, 0.5) is 5.95 Å². The SMILES string of the molecule is NCC1CC(=O)N(c2ncc(Br)nn2)C1. The molecule has 2 heterocycles. The van der Waals surface area contributed by atoms with Crippen LogP contribution in [0.3, 0.4) is 0 Å². The third kappa shape index (κ3) is 2.13. The van der Waals surface area contributed by atoms with Gasteiger partial charge in [0, 0.05) is 13.0 Å². The Morgan fingerprint density at radius 1 is 1.60 bits per heavy atom. The summed E-state index contributed by atoms with van der Waals surface area (Å²) in [5.41, 5.74) is 5.52. The third-order valence-electron chi connectivity index (χ3n) is 2.30. The average Bonchev–Trinajstić information content (AvgIpc) is 2.61. The van der Waals surface area contributed by atoms with Crippen LogP contribution in [-0.4, -0.2) is 34.2 Å². The van der Waals surface area contributed by atoms with Crippen molar-refractivity contribution in [3.63, 3.8) is 0 Å². The van der Waals surface area contributed by atoms with Gasteiger partial charge in [-0.05, 0) is 28.4 Å². The van der Waals surface area contributed by atoms with Gasteiger partial charge in [0.2, 0.25) is 5.91 Å². The molecule has 1 aliphatic rings. The Balaban J connectivity index is 2.18. The van der Waals surface area contributed by atoms with E-state index in [0.29, 0.717) is 30.1 Å². The highest BCUT2D eigenvalue weighted by Gasteiger charge is 2.31. The summed E-state index contributed by atoms with van der Waals surface area (Å²) >= 11 is 3.14. The highest BCUT2D eigenvalue weighted by Crippen LogP contribution is 2.20. The van der Waals surface area contributed by atoms with Crippen LogP contribution in [0.25, 0.3) is 0 Å². The summed E-state index contributed by atoms with van der Waals surface area (Å²) in [4.78, 5) is 17.1. The lowest BCUT2D eigenvalue weighted by Gasteiger charge is -2.12. The van der Waals surface area contributed by atoms with Crippen molar-refractivity contribution >= 4 is 27.8 Å². The van der Waals surface area contributed by atoms with Crippen LogP contribution >= 0.6 is 15.9 Å². The van der Waals surface area contributed by atoms with Gasteiger partial charge in [0.1, 0.15) is 4.60 Å². The van der Waals surface area contributed by atoms with Crippen molar-refractivity contribution in [1.29, 1.82) is 0 Å². The number of halogens is 1. The van der Waals surface area contributed by atoms with Crippen molar-refractivity contribution in [3.05, 3.63) is 10.8 Å². The number of hydrogen-bond donors (Lipinski definition) is 1. The van der Waals surface area contributed by atoms with E-state index >= 15 is 0 Å². The monoisotopic (exact) mass is 271 g/mol. The second-order valence-corrected chi connectivity index (χ2v) is 4.20. The second kappa shape index (κ2) is 4.19. The van der Waals surface area contributed by atoms with Gasteiger partial charge in [0.15, 0.2) is 0 Å². The van der Waals surface area contributed by atoms with Gasteiger partial charge in [-0.1, -0.05) is 0 Å². The normalized spacial score (nSPS) is 21.1. The Morgan fingerprint density at radius 3 is 2.93 bits per heavy atom. The molecule has 0 radical (unpaired) electrons. The zero-order valence-corrected chi connectivity index (χ0v) is 9.51. The van der Waals surface area contributed by atoms with Gasteiger partial charge in [0.25, 0.3) is 5.95 Å². The molecule has 6 nitrogen and oxygen atoms in total. The highest BCUT2D eigenvalue weighted by molar-refractivity contribution is 9.10. The molecule has 0 aromatic carbocycles. The predicted octanol–water partition coefficient (Wildman–Crippen LogP) is -0.0543. The van der Waals surface area contributed by atoms with Crippen molar-refractivity contribution in [2.45, 2.75) is 6.42 Å². The maximum absolute atomic E-state index is 11.6. The van der Waals surface area contributed by atoms with Crippen LogP contribution < -0.4 is 10.6 Å². The molecule has 0 bridgehead atoms. The summed E-state index contributed by atoms with van der Waals surface area (Å²) < 4.78 is 0.549. The maximum atomic E-state index is 11.6. The van der Waals surface area contributed by atoms with E-state index in [1.54, 1.807) is 0 Å². The van der Waals surface area contributed by atoms with E-state index < -0.39 is 0 Å². The maximum Gasteiger partial charge on any atom is 0.252 e. The second-order valence-electron chi connectivity index (χ2n) is 3.39. The van der Waals surface area contributed by atoms with E-state index in [-0.39, 0.29) is 11.8 Å². The zero-order valence-electron chi connectivity index (χ0n) is 7.93. The van der Waals surface area contributed by atoms with Gasteiger partial charge < -0.3 is 5.73 Å². The standard InChI is InChI=1S/C8H10BrN5O/c9-6-3-11-8(13-12-6)14-4-5(2-10)1-7(14)15/h3,5H,1-2,4,10H2. The van der Waals surface area contributed by atoms with Gasteiger partial charge in [-0.15, -0.1) is 10.2 Å². The van der Waals surface area contributed by atoms with Crippen LogP contribution in [0.1, 0.15) is 6.42 Å². The minimum atomic E-state index is 0.00886. The fraction of sp³-hybridized carbons (Fsp3) is 0.500. The topological polar surface area (TPSA) is 85.0 Å². The van der Waals surface area contributed by atoms with Gasteiger partial charge in [-0.25, -0.2) is 4.98 Å². The first-order valence-electron chi connectivity index (χ1n) is 4.56. The molecule has 0 saturated carbocycles. The van der Waals surface area contributed by atoms with Gasteiger partial charge in [-0.2, -0.15) is 0 Å². The molecular formula is C8H10BrN5O. The lowest BCUT2D eigenvalue weighted by Crippen LogP contribution is -2.27. The number of carbonyl (C=O) groups excluding carboxylic acids is 1. The molecule has 1 atom stereocenters. The molecular weight excluding hydrogens is 262 g/mol. The van der Waals surface area contributed by atoms with E-state index in [2.05, 4.69) is 31.1 Å². The van der Waals surface area contributed by atoms with Crippen molar-refractivity contribution in [1.82, 2.24) is 15.2 Å². The molecule has 2 rings (SSSR count). The highest BCUT2D eigenvalue weighted by atomic mass is 79.9. The van der Waals surface area contributed by atoms with Crippen LogP contribution in [0, 0.1) is 5.92 Å². The number of amides is 1. The van der Waals surface area contributed by atoms with Crippen LogP contribution in [0.15, 0.2) is 10.8 Å². The number of anilines is 1. The minimum absolute atomic E-state index is 0.00886. The first-order valence-corrected chi connectivity index (χ1v) is 5.35. The number of nitrogens with zero attached hydrogens (tertiary/aromatic N) is 4. The predicted molar refractivity (Wildman–Crippen MR) is 57.0 cm³/mol. The average molecular weight is 272 g/mol. The Labute approximate surface area is 95.0 Å². The summed E-state index contributed by atoms with van der Waals surface area (Å²) in [5, 5.41) is 7.62. The lowest BCUT2D eigenvalue weighted by molar-refractivity contribution is -0.117. The largest absolute Gasteiger partial charge is 0.330 e. The van der Waals surface area contributed by atoms with E-state index in [4.69, 9.17) is 5.73 Å². The molecule has 1 unspecified atom stereocenters. The van der Waals surface area contributed by atoms with Gasteiger partial charge in [-0.3, -0.25) is 9.69 Å². The zero-order chi connectivity index (χ0) is 10.8. The number of carbonyl (C=O) groups is 1. The van der Waals surface area contributed by atoms with E-state index in [1.807, 2.05) is 0 Å². The molecule has 7 heteroatoms. The van der Waals surface area contributed by atoms with Crippen LogP contribution in [0.2, 0.25) is 0 Å². The number of aromatic nitrogens is 3. The first-order chi connectivity index (χ1) is 7.20. The molecule has 1 aromatic heterocycles. The van der Waals surface area contributed by atoms with Crippen LogP contribution in [-0.2, 0) is 4.79 Å². The Kier molecular flexibility index (Phi) is 2.92. The molecule has 2 N–H and O–H groups in total. The lowest BCUT2D eigenvalue weighted by atomic mass is 10.1. The quantitative estimate of drug-likeness (QED) is 0.815. The molecule has 80 valence electrons. The molecule has 0 spiro atoms. The summed E-state index contributed by atoms with van der Waals surface area (Å²) in [7, 11) is 0. The molecule has 1 aliphatic heterocycles. The van der Waals surface area contributed by atoms with Crippen molar-refractivity contribution in [2.75, 3.05) is 18.0 Å². The van der Waals surface area contributed by atoms with Crippen LogP contribution in [0.5, 0.6) is 0 Å². The fourth-order valence-corrected chi connectivity index (χ4v) is 1.69. The van der Waals surface area contributed by atoms with Crippen molar-refractivity contribution in [3.8, 4) is 0 Å². The number of rotatable bonds is 2. The number of nitrogens with two attached hydrogens (primary N) is 1. The Bertz CT molecular complexity index is 368. The van der Waals surface area contributed by atoms with E-state index in [1.165, 1.54) is 11.1 Å². The third-order valence-corrected chi connectivity index (χ3v) is 2.66. The summed E-state index contributed by atoms with van der Waals surface area (Å²) in [6, 6.07) is 0. The Hall–Kier alpha value is -1.08. The number of hydrogen-bond acceptors (Lipinski definition) is 5. The van der Waals surface area contributed by atoms with Gasteiger partial charge >= 0.3 is 0 Å². The van der Waals surface area contributed by atoms with Crippen molar-refractivity contribution < 1.29 is 4.79 Å².